The van der Waals surface area contributed by atoms with Crippen LogP contribution in [0.5, 0.6) is 0 Å². The fourth-order valence-electron chi connectivity index (χ4n) is 3.60. The standard InChI is InChI=1S/C22H21ClN4O2/c1-26-22(29)21-17(14-25-26)16-8-3-5-10-19(16)27(21)12-6-11-20(28)24-13-15-7-2-4-9-18(15)23/h2-5,7-10,14H,6,11-13H2,1H3,(H,24,28). The van der Waals surface area contributed by atoms with Gasteiger partial charge in [-0.25, -0.2) is 4.68 Å². The Kier molecular flexibility index (Phi) is 5.36. The molecule has 0 fully saturated rings. The zero-order chi connectivity index (χ0) is 20.4. The summed E-state index contributed by atoms with van der Waals surface area (Å²) in [5, 5.41) is 9.54. The zero-order valence-electron chi connectivity index (χ0n) is 16.1. The molecule has 0 radical (unpaired) electrons. The summed E-state index contributed by atoms with van der Waals surface area (Å²) >= 11 is 6.13. The van der Waals surface area contributed by atoms with Crippen LogP contribution >= 0.6 is 11.6 Å². The Balaban J connectivity index is 1.49. The Bertz CT molecular complexity index is 1260. The number of nitrogens with one attached hydrogen (secondary N) is 1. The third-order valence-corrected chi connectivity index (χ3v) is 5.45. The van der Waals surface area contributed by atoms with Gasteiger partial charge in [0.2, 0.25) is 5.91 Å². The van der Waals surface area contributed by atoms with Crippen LogP contribution in [0.3, 0.4) is 0 Å². The van der Waals surface area contributed by atoms with E-state index in [1.165, 1.54) is 4.68 Å². The van der Waals surface area contributed by atoms with E-state index in [4.69, 9.17) is 11.6 Å². The predicted molar refractivity (Wildman–Crippen MR) is 115 cm³/mol. The van der Waals surface area contributed by atoms with E-state index >= 15 is 0 Å². The highest BCUT2D eigenvalue weighted by Crippen LogP contribution is 2.26. The van der Waals surface area contributed by atoms with E-state index < -0.39 is 0 Å². The number of rotatable bonds is 6. The molecule has 2 heterocycles. The summed E-state index contributed by atoms with van der Waals surface area (Å²) in [6.07, 6.45) is 2.71. The number of aromatic nitrogens is 3. The van der Waals surface area contributed by atoms with Crippen molar-refractivity contribution in [2.24, 2.45) is 7.05 Å². The van der Waals surface area contributed by atoms with Crippen LogP contribution in [0.2, 0.25) is 5.02 Å². The van der Waals surface area contributed by atoms with E-state index in [9.17, 15) is 9.59 Å². The molecule has 1 amide bonds. The molecule has 2 aromatic carbocycles. The van der Waals surface area contributed by atoms with Crippen molar-refractivity contribution in [1.82, 2.24) is 19.7 Å². The van der Waals surface area contributed by atoms with E-state index in [1.54, 1.807) is 19.3 Å². The Labute approximate surface area is 172 Å². The molecule has 2 aromatic heterocycles. The number of fused-ring (bicyclic) bond motifs is 3. The topological polar surface area (TPSA) is 68.9 Å². The highest BCUT2D eigenvalue weighted by Gasteiger charge is 2.15. The molecule has 0 saturated carbocycles. The maximum absolute atomic E-state index is 12.7. The Morgan fingerprint density at radius 2 is 1.86 bits per heavy atom. The molecule has 0 unspecified atom stereocenters. The molecular formula is C22H21ClN4O2. The average Bonchev–Trinajstić information content (AvgIpc) is 3.05. The van der Waals surface area contributed by atoms with Crippen LogP contribution in [-0.4, -0.2) is 20.3 Å². The Morgan fingerprint density at radius 3 is 2.69 bits per heavy atom. The van der Waals surface area contributed by atoms with Gasteiger partial charge in [0.15, 0.2) is 0 Å². The van der Waals surface area contributed by atoms with E-state index in [0.29, 0.717) is 36.5 Å². The molecule has 0 atom stereocenters. The minimum atomic E-state index is -0.137. The molecule has 29 heavy (non-hydrogen) atoms. The van der Waals surface area contributed by atoms with Gasteiger partial charge in [0.1, 0.15) is 5.52 Å². The molecule has 148 valence electrons. The van der Waals surface area contributed by atoms with Gasteiger partial charge in [-0.2, -0.15) is 5.10 Å². The first-order chi connectivity index (χ1) is 14.1. The number of hydrogen-bond donors (Lipinski definition) is 1. The third kappa shape index (κ3) is 3.76. The zero-order valence-corrected chi connectivity index (χ0v) is 16.8. The van der Waals surface area contributed by atoms with Crippen LogP contribution in [0, 0.1) is 0 Å². The van der Waals surface area contributed by atoms with Gasteiger partial charge in [0.05, 0.1) is 6.20 Å². The van der Waals surface area contributed by atoms with E-state index in [-0.39, 0.29) is 11.5 Å². The maximum atomic E-state index is 12.7. The van der Waals surface area contributed by atoms with Crippen LogP contribution in [0.1, 0.15) is 18.4 Å². The lowest BCUT2D eigenvalue weighted by Crippen LogP contribution is -2.23. The second-order valence-electron chi connectivity index (χ2n) is 6.98. The van der Waals surface area contributed by atoms with Crippen molar-refractivity contribution in [2.75, 3.05) is 0 Å². The molecule has 4 aromatic rings. The summed E-state index contributed by atoms with van der Waals surface area (Å²) in [7, 11) is 1.64. The van der Waals surface area contributed by atoms with Gasteiger partial charge in [0, 0.05) is 47.9 Å². The lowest BCUT2D eigenvalue weighted by atomic mass is 10.2. The largest absolute Gasteiger partial charge is 0.352 e. The lowest BCUT2D eigenvalue weighted by Gasteiger charge is -2.09. The number of carbonyl (C=O) groups is 1. The SMILES string of the molecule is Cn1ncc2c3ccccc3n(CCCC(=O)NCc3ccccc3Cl)c2c1=O. The second-order valence-corrected chi connectivity index (χ2v) is 7.38. The number of aryl methyl sites for hydroxylation is 2. The minimum Gasteiger partial charge on any atom is -0.352 e. The highest BCUT2D eigenvalue weighted by atomic mass is 35.5. The summed E-state index contributed by atoms with van der Waals surface area (Å²) in [5.74, 6) is -0.0414. The quantitative estimate of drug-likeness (QED) is 0.529. The van der Waals surface area contributed by atoms with E-state index in [0.717, 1.165) is 21.9 Å². The molecule has 0 saturated heterocycles. The number of para-hydroxylation sites is 1. The number of hydrogen-bond acceptors (Lipinski definition) is 3. The maximum Gasteiger partial charge on any atom is 0.291 e. The first-order valence-corrected chi connectivity index (χ1v) is 9.87. The van der Waals surface area contributed by atoms with Gasteiger partial charge in [-0.3, -0.25) is 9.59 Å². The van der Waals surface area contributed by atoms with Crippen LogP contribution < -0.4 is 10.9 Å². The van der Waals surface area contributed by atoms with E-state index in [2.05, 4.69) is 10.4 Å². The summed E-state index contributed by atoms with van der Waals surface area (Å²) in [5.41, 5.74) is 2.35. The monoisotopic (exact) mass is 408 g/mol. The van der Waals surface area contributed by atoms with Gasteiger partial charge < -0.3 is 9.88 Å². The highest BCUT2D eigenvalue weighted by molar-refractivity contribution is 6.31. The normalized spacial score (nSPS) is 11.2. The lowest BCUT2D eigenvalue weighted by molar-refractivity contribution is -0.121. The van der Waals surface area contributed by atoms with Crippen LogP contribution in [0.25, 0.3) is 21.8 Å². The number of nitrogens with zero attached hydrogens (tertiary/aromatic N) is 3. The average molecular weight is 409 g/mol. The Morgan fingerprint density at radius 1 is 1.10 bits per heavy atom. The van der Waals surface area contributed by atoms with Crippen molar-refractivity contribution in [3.05, 3.63) is 75.7 Å². The fraction of sp³-hybridized carbons (Fsp3) is 0.227. The van der Waals surface area contributed by atoms with E-state index in [1.807, 2.05) is 47.0 Å². The van der Waals surface area contributed by atoms with Crippen molar-refractivity contribution in [2.45, 2.75) is 25.9 Å². The van der Waals surface area contributed by atoms with Crippen LogP contribution in [0.4, 0.5) is 0 Å². The molecule has 1 N–H and O–H groups in total. The van der Waals surface area contributed by atoms with Crippen LogP contribution in [-0.2, 0) is 24.9 Å². The summed E-state index contributed by atoms with van der Waals surface area (Å²) in [6.45, 7) is 0.975. The molecule has 0 aliphatic rings. The minimum absolute atomic E-state index is 0.0414. The van der Waals surface area contributed by atoms with Crippen molar-refractivity contribution < 1.29 is 4.79 Å². The summed E-state index contributed by atoms with van der Waals surface area (Å²) < 4.78 is 3.34. The summed E-state index contributed by atoms with van der Waals surface area (Å²) in [6, 6.07) is 15.3. The van der Waals surface area contributed by atoms with Gasteiger partial charge in [-0.1, -0.05) is 48.0 Å². The smallest absolute Gasteiger partial charge is 0.291 e. The second kappa shape index (κ2) is 8.09. The number of amides is 1. The number of halogens is 1. The first-order valence-electron chi connectivity index (χ1n) is 9.49. The Hall–Kier alpha value is -3.12. The summed E-state index contributed by atoms with van der Waals surface area (Å²) in [4.78, 5) is 25.0. The molecular weight excluding hydrogens is 388 g/mol. The molecule has 0 spiro atoms. The van der Waals surface area contributed by atoms with Crippen molar-refractivity contribution in [3.63, 3.8) is 0 Å². The third-order valence-electron chi connectivity index (χ3n) is 5.09. The molecule has 0 aliphatic heterocycles. The molecule has 0 bridgehead atoms. The fourth-order valence-corrected chi connectivity index (χ4v) is 3.80. The predicted octanol–water partition coefficient (Wildman–Crippen LogP) is 3.64. The molecule has 6 nitrogen and oxygen atoms in total. The van der Waals surface area contributed by atoms with Gasteiger partial charge in [-0.05, 0) is 24.1 Å². The molecule has 7 heteroatoms. The first kappa shape index (κ1) is 19.2. The van der Waals surface area contributed by atoms with Crippen molar-refractivity contribution >= 4 is 39.3 Å². The van der Waals surface area contributed by atoms with Crippen molar-refractivity contribution in [3.8, 4) is 0 Å². The number of benzene rings is 2. The molecule has 0 aliphatic carbocycles. The van der Waals surface area contributed by atoms with Gasteiger partial charge in [-0.15, -0.1) is 0 Å². The van der Waals surface area contributed by atoms with Crippen LogP contribution in [0.15, 0.2) is 59.5 Å². The van der Waals surface area contributed by atoms with Gasteiger partial charge in [0.25, 0.3) is 5.56 Å². The van der Waals surface area contributed by atoms with Gasteiger partial charge >= 0.3 is 0 Å². The van der Waals surface area contributed by atoms with Crippen molar-refractivity contribution in [1.29, 1.82) is 0 Å². The number of carbonyl (C=O) groups excluding carboxylic acids is 1. The molecule has 4 rings (SSSR count).